The van der Waals surface area contributed by atoms with Crippen LogP contribution < -0.4 is 0 Å². The Bertz CT molecular complexity index is 888. The van der Waals surface area contributed by atoms with Crippen LogP contribution in [0.3, 0.4) is 0 Å². The zero-order chi connectivity index (χ0) is 25.5. The molecule has 0 aliphatic heterocycles. The highest BCUT2D eigenvalue weighted by Crippen LogP contribution is 2.72. The molecule has 0 amide bonds. The third-order valence-electron chi connectivity index (χ3n) is 7.47. The molecular formula is C31H51OP. The van der Waals surface area contributed by atoms with E-state index in [9.17, 15) is 0 Å². The summed E-state index contributed by atoms with van der Waals surface area (Å²) in [6, 6.07) is 9.17. The van der Waals surface area contributed by atoms with E-state index in [1.54, 1.807) is 5.57 Å². The Hall–Kier alpha value is -1.07. The first-order valence-corrected chi connectivity index (χ1v) is 14.2. The molecule has 1 aliphatic carbocycles. The highest BCUT2D eigenvalue weighted by Gasteiger charge is 2.49. The zero-order valence-corrected chi connectivity index (χ0v) is 25.0. The maximum atomic E-state index is 6.41. The lowest BCUT2D eigenvalue weighted by atomic mass is 9.62. The van der Waals surface area contributed by atoms with E-state index in [2.05, 4.69) is 114 Å². The standard InChI is InChI=1S/C31H51OP/c1-20(2)23-17-15-16-18-24(23)26-28(33(29(7,8)9)30(10,11)12)27(32-14)25(21(3)4)19-31(26,13)22(5)6/h15-18,20-22H,19H2,1-14H3. The van der Waals surface area contributed by atoms with Crippen LogP contribution >= 0.6 is 7.92 Å². The van der Waals surface area contributed by atoms with E-state index in [1.165, 1.54) is 27.8 Å². The quantitative estimate of drug-likeness (QED) is 0.376. The predicted molar refractivity (Wildman–Crippen MR) is 150 cm³/mol. The molecule has 0 fully saturated rings. The zero-order valence-electron chi connectivity index (χ0n) is 24.1. The van der Waals surface area contributed by atoms with Crippen LogP contribution in [0, 0.1) is 17.3 Å². The molecular weight excluding hydrogens is 419 g/mol. The Kier molecular flexibility index (Phi) is 8.44. The van der Waals surface area contributed by atoms with E-state index in [1.807, 2.05) is 7.11 Å². The summed E-state index contributed by atoms with van der Waals surface area (Å²) < 4.78 is 6.41. The minimum atomic E-state index is -0.539. The number of hydrogen-bond acceptors (Lipinski definition) is 1. The number of hydrogen-bond donors (Lipinski definition) is 0. The summed E-state index contributed by atoms with van der Waals surface area (Å²) >= 11 is 0. The molecule has 2 rings (SSSR count). The Labute approximate surface area is 207 Å². The van der Waals surface area contributed by atoms with Crippen molar-refractivity contribution >= 4 is 13.5 Å². The maximum absolute atomic E-state index is 6.41. The van der Waals surface area contributed by atoms with Crippen LogP contribution in [0.2, 0.25) is 0 Å². The van der Waals surface area contributed by atoms with Crippen LogP contribution in [0.4, 0.5) is 0 Å². The van der Waals surface area contributed by atoms with Gasteiger partial charge in [-0.2, -0.15) is 0 Å². The second-order valence-corrected chi connectivity index (χ2v) is 16.9. The number of rotatable bonds is 6. The van der Waals surface area contributed by atoms with Crippen molar-refractivity contribution in [3.8, 4) is 0 Å². The number of allylic oxidation sites excluding steroid dienone is 3. The fraction of sp³-hybridized carbons (Fsp3) is 0.677. The van der Waals surface area contributed by atoms with E-state index < -0.39 is 7.92 Å². The first-order chi connectivity index (χ1) is 15.0. The number of benzene rings is 1. The summed E-state index contributed by atoms with van der Waals surface area (Å²) in [5.74, 6) is 2.65. The molecule has 0 heterocycles. The van der Waals surface area contributed by atoms with Crippen molar-refractivity contribution in [3.63, 3.8) is 0 Å². The topological polar surface area (TPSA) is 9.23 Å². The largest absolute Gasteiger partial charge is 0.496 e. The Morgan fingerprint density at radius 3 is 1.76 bits per heavy atom. The average molecular weight is 471 g/mol. The number of methoxy groups -OCH3 is 1. The summed E-state index contributed by atoms with van der Waals surface area (Å²) in [5, 5.41) is 1.83. The highest BCUT2D eigenvalue weighted by molar-refractivity contribution is 7.65. The Balaban J connectivity index is 3.23. The van der Waals surface area contributed by atoms with Crippen LogP contribution in [0.1, 0.15) is 113 Å². The first kappa shape index (κ1) is 28.2. The molecule has 33 heavy (non-hydrogen) atoms. The van der Waals surface area contributed by atoms with Crippen molar-refractivity contribution in [1.82, 2.24) is 0 Å². The summed E-state index contributed by atoms with van der Waals surface area (Å²) in [5.41, 5.74) is 6.00. The van der Waals surface area contributed by atoms with Crippen LogP contribution in [-0.2, 0) is 4.74 Å². The molecule has 1 aromatic rings. The lowest BCUT2D eigenvalue weighted by molar-refractivity contribution is 0.254. The second-order valence-electron chi connectivity index (χ2n) is 13.1. The molecule has 0 aromatic heterocycles. The van der Waals surface area contributed by atoms with E-state index in [0.717, 1.165) is 6.42 Å². The third kappa shape index (κ3) is 5.45. The number of ether oxygens (including phenoxy) is 1. The van der Waals surface area contributed by atoms with Crippen molar-refractivity contribution in [2.24, 2.45) is 17.3 Å². The van der Waals surface area contributed by atoms with Crippen LogP contribution in [0.5, 0.6) is 0 Å². The predicted octanol–water partition coefficient (Wildman–Crippen LogP) is 10.2. The van der Waals surface area contributed by atoms with Gasteiger partial charge in [0.15, 0.2) is 0 Å². The van der Waals surface area contributed by atoms with Gasteiger partial charge in [-0.05, 0) is 56.8 Å². The smallest absolute Gasteiger partial charge is 0.126 e. The van der Waals surface area contributed by atoms with Gasteiger partial charge in [0.1, 0.15) is 5.76 Å². The lowest BCUT2D eigenvalue weighted by Crippen LogP contribution is -2.35. The van der Waals surface area contributed by atoms with Gasteiger partial charge in [-0.15, -0.1) is 0 Å². The Morgan fingerprint density at radius 2 is 1.36 bits per heavy atom. The van der Waals surface area contributed by atoms with E-state index in [0.29, 0.717) is 17.8 Å². The van der Waals surface area contributed by atoms with E-state index in [-0.39, 0.29) is 15.7 Å². The molecule has 0 N–H and O–H groups in total. The molecule has 1 nitrogen and oxygen atoms in total. The molecule has 0 saturated heterocycles. The minimum absolute atomic E-state index is 0.0546. The molecule has 0 bridgehead atoms. The van der Waals surface area contributed by atoms with Gasteiger partial charge in [0.2, 0.25) is 0 Å². The second kappa shape index (κ2) is 9.89. The lowest BCUT2D eigenvalue weighted by Gasteiger charge is -2.51. The highest BCUT2D eigenvalue weighted by atomic mass is 31.1. The molecule has 1 atom stereocenters. The van der Waals surface area contributed by atoms with Gasteiger partial charge < -0.3 is 4.74 Å². The van der Waals surface area contributed by atoms with Crippen molar-refractivity contribution in [3.05, 3.63) is 52.0 Å². The van der Waals surface area contributed by atoms with Gasteiger partial charge in [-0.3, -0.25) is 0 Å². The normalized spacial score (nSPS) is 20.7. The van der Waals surface area contributed by atoms with Crippen molar-refractivity contribution in [2.75, 3.05) is 7.11 Å². The fourth-order valence-electron chi connectivity index (χ4n) is 5.84. The molecule has 1 aromatic carbocycles. The maximum Gasteiger partial charge on any atom is 0.126 e. The Morgan fingerprint density at radius 1 is 0.848 bits per heavy atom. The van der Waals surface area contributed by atoms with Gasteiger partial charge in [-0.25, -0.2) is 0 Å². The van der Waals surface area contributed by atoms with Crippen LogP contribution in [0.15, 0.2) is 40.9 Å². The fourth-order valence-corrected chi connectivity index (χ4v) is 10.2. The molecule has 0 saturated carbocycles. The third-order valence-corrected chi connectivity index (χ3v) is 11.0. The minimum Gasteiger partial charge on any atom is -0.496 e. The molecule has 1 aliphatic rings. The summed E-state index contributed by atoms with van der Waals surface area (Å²) in [4.78, 5) is 0. The van der Waals surface area contributed by atoms with Gasteiger partial charge in [-0.1, -0.05) is 122 Å². The van der Waals surface area contributed by atoms with Crippen molar-refractivity contribution in [1.29, 1.82) is 0 Å². The molecule has 0 spiro atoms. The van der Waals surface area contributed by atoms with Gasteiger partial charge in [0.25, 0.3) is 0 Å². The van der Waals surface area contributed by atoms with E-state index >= 15 is 0 Å². The molecule has 186 valence electrons. The average Bonchev–Trinajstić information content (AvgIpc) is 2.65. The molecule has 1 unspecified atom stereocenters. The van der Waals surface area contributed by atoms with E-state index in [4.69, 9.17) is 4.74 Å². The van der Waals surface area contributed by atoms with Gasteiger partial charge in [0.05, 0.1) is 7.11 Å². The van der Waals surface area contributed by atoms with Crippen molar-refractivity contribution < 1.29 is 4.74 Å². The summed E-state index contributed by atoms with van der Waals surface area (Å²) in [6.45, 7) is 31.3. The molecule has 2 heteroatoms. The summed E-state index contributed by atoms with van der Waals surface area (Å²) in [6.07, 6.45) is 1.06. The van der Waals surface area contributed by atoms with Crippen LogP contribution in [0.25, 0.3) is 5.57 Å². The summed E-state index contributed by atoms with van der Waals surface area (Å²) in [7, 11) is 1.36. The van der Waals surface area contributed by atoms with Crippen molar-refractivity contribution in [2.45, 2.75) is 113 Å². The first-order valence-electron chi connectivity index (χ1n) is 12.9. The van der Waals surface area contributed by atoms with Gasteiger partial charge in [0, 0.05) is 10.7 Å². The molecule has 0 radical (unpaired) electrons. The van der Waals surface area contributed by atoms with Crippen LogP contribution in [-0.4, -0.2) is 17.4 Å². The SMILES string of the molecule is COC1=C(C(C)C)CC(C)(C(C)C)C(c2ccccc2C(C)C)=C1P(C(C)(C)C)C(C)(C)C. The monoisotopic (exact) mass is 470 g/mol. The van der Waals surface area contributed by atoms with Gasteiger partial charge >= 0.3 is 0 Å².